The van der Waals surface area contributed by atoms with E-state index in [9.17, 15) is 9.18 Å². The average molecular weight is 545 g/mol. The highest BCUT2D eigenvalue weighted by Crippen LogP contribution is 2.45. The maximum Gasteiger partial charge on any atom is 0.266 e. The fraction of sp³-hybridized carbons (Fsp3) is 0.241. The van der Waals surface area contributed by atoms with E-state index in [1.807, 2.05) is 0 Å². The van der Waals surface area contributed by atoms with E-state index >= 15 is 0 Å². The van der Waals surface area contributed by atoms with Gasteiger partial charge in [-0.05, 0) is 47.5 Å². The lowest BCUT2D eigenvalue weighted by Gasteiger charge is -2.30. The number of aliphatic imine (C=N–C) groups is 1. The van der Waals surface area contributed by atoms with Crippen LogP contribution in [0.25, 0.3) is 10.4 Å². The summed E-state index contributed by atoms with van der Waals surface area (Å²) >= 11 is 0. The van der Waals surface area contributed by atoms with Gasteiger partial charge in [0.15, 0.2) is 11.6 Å². The van der Waals surface area contributed by atoms with Crippen molar-refractivity contribution >= 4 is 17.5 Å². The predicted molar refractivity (Wildman–Crippen MR) is 148 cm³/mol. The van der Waals surface area contributed by atoms with Crippen molar-refractivity contribution < 1.29 is 23.8 Å². The lowest BCUT2D eigenvalue weighted by Crippen LogP contribution is -2.52. The normalized spacial score (nSPS) is 17.8. The number of nitrogens with one attached hydrogen (secondary N) is 2. The van der Waals surface area contributed by atoms with E-state index in [0.717, 1.165) is 5.56 Å². The molecular weight excluding hydrogens is 515 g/mol. The largest absolute Gasteiger partial charge is 0.494 e. The van der Waals surface area contributed by atoms with E-state index in [2.05, 4.69) is 27.5 Å². The second-order valence-electron chi connectivity index (χ2n) is 8.96. The van der Waals surface area contributed by atoms with Crippen molar-refractivity contribution in [3.8, 4) is 5.75 Å². The number of aliphatic hydroxyl groups is 1. The van der Waals surface area contributed by atoms with Gasteiger partial charge in [0.05, 0.1) is 6.61 Å². The van der Waals surface area contributed by atoms with Crippen molar-refractivity contribution in [1.82, 2.24) is 10.9 Å². The smallest absolute Gasteiger partial charge is 0.266 e. The maximum absolute atomic E-state index is 13.8. The Hall–Kier alpha value is -4.70. The number of aliphatic hydroxyl groups excluding tert-OH is 1. The molecule has 10 nitrogen and oxygen atoms in total. The van der Waals surface area contributed by atoms with E-state index in [4.69, 9.17) is 25.1 Å². The summed E-state index contributed by atoms with van der Waals surface area (Å²) in [7, 11) is 0. The Bertz CT molecular complexity index is 1410. The van der Waals surface area contributed by atoms with Gasteiger partial charge in [0.2, 0.25) is 5.90 Å². The van der Waals surface area contributed by atoms with Crippen LogP contribution in [0.3, 0.4) is 0 Å². The van der Waals surface area contributed by atoms with Crippen LogP contribution in [0.15, 0.2) is 95.6 Å². The Morgan fingerprint density at radius 2 is 1.95 bits per heavy atom. The molecule has 206 valence electrons. The molecule has 40 heavy (non-hydrogen) atoms. The highest BCUT2D eigenvalue weighted by molar-refractivity contribution is 6.01. The van der Waals surface area contributed by atoms with Gasteiger partial charge in [0.25, 0.3) is 5.91 Å². The third-order valence-corrected chi connectivity index (χ3v) is 6.26. The number of nitrogens with zero attached hydrogens (tertiary/aromatic N) is 4. The van der Waals surface area contributed by atoms with Crippen LogP contribution in [0.1, 0.15) is 35.6 Å². The first kappa shape index (κ1) is 28.3. The fourth-order valence-electron chi connectivity index (χ4n) is 4.30. The number of rotatable bonds is 13. The van der Waals surface area contributed by atoms with Gasteiger partial charge in [-0.3, -0.25) is 10.2 Å². The number of carbonyl (C=O) groups is 1. The highest BCUT2D eigenvalue weighted by Gasteiger charge is 2.53. The Labute approximate surface area is 230 Å². The van der Waals surface area contributed by atoms with Gasteiger partial charge in [-0.2, -0.15) is 0 Å². The number of azide groups is 1. The number of hydrogen-bond donors (Lipinski definition) is 3. The second-order valence-corrected chi connectivity index (χ2v) is 8.96. The topological polar surface area (TPSA) is 141 Å². The van der Waals surface area contributed by atoms with Gasteiger partial charge < -0.3 is 14.6 Å². The Morgan fingerprint density at radius 1 is 1.20 bits per heavy atom. The molecule has 1 heterocycles. The average Bonchev–Trinajstić information content (AvgIpc) is 3.35. The van der Waals surface area contributed by atoms with E-state index in [1.165, 1.54) is 12.1 Å². The van der Waals surface area contributed by atoms with Gasteiger partial charge in [-0.1, -0.05) is 47.6 Å². The molecule has 1 amide bonds. The number of amides is 1. The van der Waals surface area contributed by atoms with Crippen LogP contribution in [-0.4, -0.2) is 35.7 Å². The molecular formula is C29H29FN6O4. The first-order chi connectivity index (χ1) is 19.5. The zero-order valence-electron chi connectivity index (χ0n) is 21.7. The molecule has 2 atom stereocenters. The molecule has 1 aliphatic heterocycles. The molecule has 3 aromatic rings. The van der Waals surface area contributed by atoms with Crippen LogP contribution in [0.2, 0.25) is 0 Å². The Morgan fingerprint density at radius 3 is 2.65 bits per heavy atom. The van der Waals surface area contributed by atoms with E-state index in [1.54, 1.807) is 66.7 Å². The number of halogens is 1. The molecule has 0 unspecified atom stereocenters. The molecule has 0 saturated carbocycles. The monoisotopic (exact) mass is 544 g/mol. The van der Waals surface area contributed by atoms with Crippen LogP contribution in [0.5, 0.6) is 5.75 Å². The van der Waals surface area contributed by atoms with Crippen molar-refractivity contribution in [3.63, 3.8) is 0 Å². The number of hydrazine groups is 1. The first-order valence-electron chi connectivity index (χ1n) is 12.6. The van der Waals surface area contributed by atoms with Crippen LogP contribution in [0.4, 0.5) is 10.1 Å². The summed E-state index contributed by atoms with van der Waals surface area (Å²) < 4.78 is 25.2. The molecule has 0 radical (unpaired) electrons. The minimum absolute atomic E-state index is 0.0354. The summed E-state index contributed by atoms with van der Waals surface area (Å²) in [5, 5.41) is 12.8. The Balaban J connectivity index is 1.67. The number of benzene rings is 3. The standard InChI is InChI=1S/C29H29FN6O4/c1-2-16-29(28(38)35-32-19-20-8-12-22(30)13-9-20)26(24-6-3-4-7-25(24)34-36-31)40-27(33-29)21-10-14-23(15-11-21)39-18-5-17-37/h2-4,6-15,26,32,37H,1,5,16-19H2,(H,35,38)/t26-,29-/m0/s1. The number of hydrogen-bond acceptors (Lipinski definition) is 7. The van der Waals surface area contributed by atoms with Gasteiger partial charge in [0, 0.05) is 47.7 Å². The molecule has 0 spiro atoms. The lowest BCUT2D eigenvalue weighted by atomic mass is 9.84. The molecule has 4 rings (SSSR count). The summed E-state index contributed by atoms with van der Waals surface area (Å²) in [5.74, 6) is -0.0116. The summed E-state index contributed by atoms with van der Waals surface area (Å²) in [6, 6.07) is 19.8. The lowest BCUT2D eigenvalue weighted by molar-refractivity contribution is -0.129. The van der Waals surface area contributed by atoms with Crippen molar-refractivity contribution in [2.75, 3.05) is 13.2 Å². The van der Waals surface area contributed by atoms with Crippen LogP contribution < -0.4 is 15.6 Å². The van der Waals surface area contributed by atoms with Crippen molar-refractivity contribution in [3.05, 3.63) is 118 Å². The molecule has 0 aliphatic carbocycles. The first-order valence-corrected chi connectivity index (χ1v) is 12.6. The third-order valence-electron chi connectivity index (χ3n) is 6.26. The molecule has 3 N–H and O–H groups in total. The molecule has 1 aliphatic rings. The molecule has 3 aromatic carbocycles. The van der Waals surface area contributed by atoms with Crippen molar-refractivity contribution in [2.45, 2.75) is 31.0 Å². The van der Waals surface area contributed by atoms with Gasteiger partial charge in [-0.15, -0.1) is 6.58 Å². The number of ether oxygens (including phenoxy) is 2. The zero-order valence-corrected chi connectivity index (χ0v) is 21.7. The summed E-state index contributed by atoms with van der Waals surface area (Å²) in [4.78, 5) is 21.5. The SMILES string of the molecule is C=CC[C@]1(C(=O)NNCc2ccc(F)cc2)N=C(c2ccc(OCCCO)cc2)O[C@H]1c1ccccc1N=[N+]=[N-]. The molecule has 11 heteroatoms. The minimum Gasteiger partial charge on any atom is -0.494 e. The van der Waals surface area contributed by atoms with Crippen LogP contribution >= 0.6 is 0 Å². The molecule has 0 bridgehead atoms. The third kappa shape index (κ3) is 6.47. The molecule has 0 saturated heterocycles. The summed E-state index contributed by atoms with van der Waals surface area (Å²) in [5.41, 5.74) is 15.4. The van der Waals surface area contributed by atoms with E-state index in [0.29, 0.717) is 35.6 Å². The Kier molecular flexibility index (Phi) is 9.48. The van der Waals surface area contributed by atoms with E-state index < -0.39 is 17.6 Å². The zero-order chi connectivity index (χ0) is 28.4. The predicted octanol–water partition coefficient (Wildman–Crippen LogP) is 5.18. The van der Waals surface area contributed by atoms with Gasteiger partial charge in [0.1, 0.15) is 11.6 Å². The van der Waals surface area contributed by atoms with Gasteiger partial charge >= 0.3 is 0 Å². The number of carbonyl (C=O) groups excluding carboxylic acids is 1. The highest BCUT2D eigenvalue weighted by atomic mass is 19.1. The van der Waals surface area contributed by atoms with E-state index in [-0.39, 0.29) is 31.3 Å². The quantitative estimate of drug-likeness (QED) is 0.0679. The maximum atomic E-state index is 13.8. The summed E-state index contributed by atoms with van der Waals surface area (Å²) in [6.45, 7) is 4.49. The van der Waals surface area contributed by atoms with Crippen molar-refractivity contribution in [1.29, 1.82) is 0 Å². The molecule has 0 aromatic heterocycles. The minimum atomic E-state index is -1.50. The van der Waals surface area contributed by atoms with Crippen molar-refractivity contribution in [2.24, 2.45) is 10.1 Å². The summed E-state index contributed by atoms with van der Waals surface area (Å²) in [6.07, 6.45) is 1.25. The fourth-order valence-corrected chi connectivity index (χ4v) is 4.30. The van der Waals surface area contributed by atoms with Crippen LogP contribution in [0, 0.1) is 5.82 Å². The van der Waals surface area contributed by atoms with Crippen LogP contribution in [-0.2, 0) is 16.1 Å². The second kappa shape index (κ2) is 13.4. The van der Waals surface area contributed by atoms with Gasteiger partial charge in [-0.25, -0.2) is 14.8 Å². The molecule has 0 fully saturated rings.